The number of halogens is 2. The summed E-state index contributed by atoms with van der Waals surface area (Å²) in [5.74, 6) is 0.495. The van der Waals surface area contributed by atoms with Crippen LogP contribution in [0.4, 0.5) is 5.69 Å². The van der Waals surface area contributed by atoms with Gasteiger partial charge < -0.3 is 9.64 Å². The molecule has 4 heteroatoms. The van der Waals surface area contributed by atoms with Gasteiger partial charge in [-0.2, -0.15) is 0 Å². The fraction of sp³-hybridized carbons (Fsp3) is 0.571. The normalized spacial score (nSPS) is 19.8. The molecule has 1 saturated heterocycles. The van der Waals surface area contributed by atoms with Crippen LogP contribution in [0.3, 0.4) is 0 Å². The van der Waals surface area contributed by atoms with Crippen LogP contribution in [-0.2, 0) is 10.6 Å². The van der Waals surface area contributed by atoms with Gasteiger partial charge in [0, 0.05) is 26.1 Å². The second kappa shape index (κ2) is 6.65. The molecule has 1 aromatic carbocycles. The number of rotatable bonds is 4. The Morgan fingerprint density at radius 2 is 2.22 bits per heavy atom. The zero-order valence-electron chi connectivity index (χ0n) is 10.7. The lowest BCUT2D eigenvalue weighted by atomic mass is 10.1. The van der Waals surface area contributed by atoms with E-state index in [1.54, 1.807) is 0 Å². The largest absolute Gasteiger partial charge is 0.376 e. The molecule has 2 nitrogen and oxygen atoms in total. The van der Waals surface area contributed by atoms with Crippen LogP contribution in [0.25, 0.3) is 0 Å². The number of ether oxygens (including phenoxy) is 1. The fourth-order valence-electron chi connectivity index (χ4n) is 2.30. The molecular weight excluding hydrogens is 269 g/mol. The van der Waals surface area contributed by atoms with Crippen LogP contribution in [0, 0.1) is 0 Å². The van der Waals surface area contributed by atoms with Crippen LogP contribution in [0.15, 0.2) is 18.2 Å². The van der Waals surface area contributed by atoms with Gasteiger partial charge in [-0.25, -0.2) is 0 Å². The highest BCUT2D eigenvalue weighted by Crippen LogP contribution is 2.27. The Morgan fingerprint density at radius 3 is 2.83 bits per heavy atom. The predicted octanol–water partition coefficient (Wildman–Crippen LogP) is 4.08. The summed E-state index contributed by atoms with van der Waals surface area (Å²) in [7, 11) is 2.06. The third kappa shape index (κ3) is 3.53. The van der Waals surface area contributed by atoms with Gasteiger partial charge in [0.25, 0.3) is 0 Å². The van der Waals surface area contributed by atoms with Crippen LogP contribution < -0.4 is 4.90 Å². The summed E-state index contributed by atoms with van der Waals surface area (Å²) < 4.78 is 5.75. The van der Waals surface area contributed by atoms with E-state index in [-0.39, 0.29) is 0 Å². The number of benzene rings is 1. The average molecular weight is 288 g/mol. The molecule has 0 aliphatic carbocycles. The Kier molecular flexibility index (Phi) is 5.16. The van der Waals surface area contributed by atoms with Crippen LogP contribution in [0.2, 0.25) is 5.02 Å². The van der Waals surface area contributed by atoms with Crippen molar-refractivity contribution in [3.05, 3.63) is 28.8 Å². The fourth-order valence-corrected chi connectivity index (χ4v) is 2.81. The summed E-state index contributed by atoms with van der Waals surface area (Å²) in [5, 5.41) is 0.756. The lowest BCUT2D eigenvalue weighted by Gasteiger charge is -2.29. The third-order valence-corrected chi connectivity index (χ3v) is 3.94. The molecule has 1 aromatic rings. The molecule has 0 radical (unpaired) electrons. The van der Waals surface area contributed by atoms with Gasteiger partial charge in [-0.05, 0) is 37.0 Å². The second-order valence-electron chi connectivity index (χ2n) is 4.79. The van der Waals surface area contributed by atoms with E-state index in [1.165, 1.54) is 12.8 Å². The van der Waals surface area contributed by atoms with E-state index in [0.717, 1.165) is 35.8 Å². The van der Waals surface area contributed by atoms with E-state index >= 15 is 0 Å². The van der Waals surface area contributed by atoms with Crippen molar-refractivity contribution in [2.24, 2.45) is 0 Å². The first-order chi connectivity index (χ1) is 8.70. The van der Waals surface area contributed by atoms with Gasteiger partial charge in [-0.1, -0.05) is 17.7 Å². The number of nitrogens with zero attached hydrogens (tertiary/aromatic N) is 1. The predicted molar refractivity (Wildman–Crippen MR) is 77.9 cm³/mol. The molecule has 1 heterocycles. The van der Waals surface area contributed by atoms with Gasteiger partial charge in [0.2, 0.25) is 0 Å². The topological polar surface area (TPSA) is 12.5 Å². The van der Waals surface area contributed by atoms with Crippen LogP contribution in [0.1, 0.15) is 24.8 Å². The Balaban J connectivity index is 2.01. The minimum Gasteiger partial charge on any atom is -0.376 e. The quantitative estimate of drug-likeness (QED) is 0.774. The van der Waals surface area contributed by atoms with Gasteiger partial charge in [0.05, 0.1) is 16.8 Å². The standard InChI is InChI=1S/C14H19Cl2NO/c1-17(10-12-4-2-3-7-18-12)14-6-5-11(9-15)8-13(14)16/h5-6,8,12H,2-4,7,9-10H2,1H3. The van der Waals surface area contributed by atoms with Crippen molar-refractivity contribution in [1.29, 1.82) is 0 Å². The molecular formula is C14H19Cl2NO. The van der Waals surface area contributed by atoms with Gasteiger partial charge in [-0.3, -0.25) is 0 Å². The van der Waals surface area contributed by atoms with Crippen molar-refractivity contribution >= 4 is 28.9 Å². The number of hydrogen-bond acceptors (Lipinski definition) is 2. The van der Waals surface area contributed by atoms with Crippen LogP contribution in [-0.4, -0.2) is 26.3 Å². The molecule has 18 heavy (non-hydrogen) atoms. The molecule has 0 bridgehead atoms. The van der Waals surface area contributed by atoms with E-state index in [4.69, 9.17) is 27.9 Å². The molecule has 0 amide bonds. The molecule has 0 spiro atoms. The summed E-state index contributed by atoms with van der Waals surface area (Å²) in [6.45, 7) is 1.78. The van der Waals surface area contributed by atoms with Crippen molar-refractivity contribution in [3.63, 3.8) is 0 Å². The summed E-state index contributed by atoms with van der Waals surface area (Å²) in [6.07, 6.45) is 3.91. The zero-order valence-corrected chi connectivity index (χ0v) is 12.2. The maximum Gasteiger partial charge on any atom is 0.0749 e. The number of anilines is 1. The summed E-state index contributed by atoms with van der Waals surface area (Å²) in [6, 6.07) is 5.98. The lowest BCUT2D eigenvalue weighted by molar-refractivity contribution is 0.0216. The third-order valence-electron chi connectivity index (χ3n) is 3.33. The molecule has 0 N–H and O–H groups in total. The van der Waals surface area contributed by atoms with Crippen molar-refractivity contribution in [3.8, 4) is 0 Å². The first-order valence-corrected chi connectivity index (χ1v) is 7.29. The first kappa shape index (κ1) is 14.0. The smallest absolute Gasteiger partial charge is 0.0749 e. The highest BCUT2D eigenvalue weighted by molar-refractivity contribution is 6.33. The number of likely N-dealkylation sites (N-methyl/N-ethyl adjacent to an activating group) is 1. The molecule has 1 aliphatic heterocycles. The monoisotopic (exact) mass is 287 g/mol. The molecule has 1 aliphatic rings. The highest BCUT2D eigenvalue weighted by Gasteiger charge is 2.17. The molecule has 0 aromatic heterocycles. The minimum atomic E-state index is 0.326. The molecule has 2 rings (SSSR count). The van der Waals surface area contributed by atoms with Gasteiger partial charge in [0.1, 0.15) is 0 Å². The van der Waals surface area contributed by atoms with E-state index in [2.05, 4.69) is 11.9 Å². The first-order valence-electron chi connectivity index (χ1n) is 6.38. The Bertz CT molecular complexity index is 391. The number of alkyl halides is 1. The highest BCUT2D eigenvalue weighted by atomic mass is 35.5. The minimum absolute atomic E-state index is 0.326. The summed E-state index contributed by atoms with van der Waals surface area (Å²) in [5.41, 5.74) is 2.09. The van der Waals surface area contributed by atoms with Crippen LogP contribution in [0.5, 0.6) is 0 Å². The molecule has 1 unspecified atom stereocenters. The van der Waals surface area contributed by atoms with Crippen LogP contribution >= 0.6 is 23.2 Å². The van der Waals surface area contributed by atoms with E-state index in [1.807, 2.05) is 18.2 Å². The molecule has 0 saturated carbocycles. The maximum absolute atomic E-state index is 6.28. The number of hydrogen-bond donors (Lipinski definition) is 0. The average Bonchev–Trinajstić information content (AvgIpc) is 2.39. The molecule has 1 atom stereocenters. The Hall–Kier alpha value is -0.440. The molecule has 100 valence electrons. The molecule has 1 fully saturated rings. The van der Waals surface area contributed by atoms with Gasteiger partial charge in [0.15, 0.2) is 0 Å². The van der Waals surface area contributed by atoms with Gasteiger partial charge >= 0.3 is 0 Å². The summed E-state index contributed by atoms with van der Waals surface area (Å²) >= 11 is 12.1. The lowest BCUT2D eigenvalue weighted by Crippen LogP contribution is -2.33. The maximum atomic E-state index is 6.28. The second-order valence-corrected chi connectivity index (χ2v) is 5.46. The van der Waals surface area contributed by atoms with Crippen molar-refractivity contribution in [2.75, 3.05) is 25.1 Å². The van der Waals surface area contributed by atoms with E-state index < -0.39 is 0 Å². The zero-order chi connectivity index (χ0) is 13.0. The van der Waals surface area contributed by atoms with E-state index in [0.29, 0.717) is 12.0 Å². The van der Waals surface area contributed by atoms with Crippen molar-refractivity contribution in [1.82, 2.24) is 0 Å². The SMILES string of the molecule is CN(CC1CCCCO1)c1ccc(CCl)cc1Cl. The van der Waals surface area contributed by atoms with Crippen molar-refractivity contribution in [2.45, 2.75) is 31.2 Å². The summed E-state index contributed by atoms with van der Waals surface area (Å²) in [4.78, 5) is 2.16. The Morgan fingerprint density at radius 1 is 1.39 bits per heavy atom. The van der Waals surface area contributed by atoms with Gasteiger partial charge in [-0.15, -0.1) is 11.6 Å². The van der Waals surface area contributed by atoms with Crippen molar-refractivity contribution < 1.29 is 4.74 Å². The Labute approximate surface area is 119 Å². The van der Waals surface area contributed by atoms with E-state index in [9.17, 15) is 0 Å².